The molecule has 0 N–H and O–H groups in total. The van der Waals surface area contributed by atoms with Crippen LogP contribution in [0.3, 0.4) is 0 Å². The summed E-state index contributed by atoms with van der Waals surface area (Å²) >= 11 is 7.61. The van der Waals surface area contributed by atoms with Crippen LogP contribution in [0.15, 0.2) is 23.1 Å². The summed E-state index contributed by atoms with van der Waals surface area (Å²) < 4.78 is 0. The molecule has 0 saturated heterocycles. The van der Waals surface area contributed by atoms with Crippen LogP contribution < -0.4 is 0 Å². The van der Waals surface area contributed by atoms with Crippen molar-refractivity contribution in [1.82, 2.24) is 0 Å². The van der Waals surface area contributed by atoms with Crippen molar-refractivity contribution in [3.05, 3.63) is 29.3 Å². The normalized spacial score (nSPS) is 11.9. The molecule has 0 heterocycles. The highest BCUT2D eigenvalue weighted by molar-refractivity contribution is 7.98. The smallest absolute Gasteiger partial charge is 0.152 e. The molecule has 2 nitrogen and oxygen atoms in total. The second-order valence-corrected chi connectivity index (χ2v) is 4.69. The number of hydrogen-bond acceptors (Lipinski definition) is 3. The summed E-state index contributed by atoms with van der Waals surface area (Å²) in [6.45, 7) is 1.45. The van der Waals surface area contributed by atoms with Crippen LogP contribution in [0, 0.1) is 11.3 Å². The number of rotatable bonds is 4. The average Bonchev–Trinajstić information content (AvgIpc) is 2.28. The summed E-state index contributed by atoms with van der Waals surface area (Å²) in [7, 11) is 0. The zero-order valence-corrected chi connectivity index (χ0v) is 10.7. The van der Waals surface area contributed by atoms with Crippen molar-refractivity contribution in [3.63, 3.8) is 0 Å². The van der Waals surface area contributed by atoms with Crippen molar-refractivity contribution < 1.29 is 4.79 Å². The van der Waals surface area contributed by atoms with Crippen LogP contribution in [-0.4, -0.2) is 12.0 Å². The number of hydrogen-bond donors (Lipinski definition) is 0. The Balaban J connectivity index is 3.18. The molecule has 0 aromatic heterocycles. The van der Waals surface area contributed by atoms with Gasteiger partial charge in [0, 0.05) is 4.90 Å². The van der Waals surface area contributed by atoms with Crippen molar-refractivity contribution in [2.75, 3.05) is 6.26 Å². The fourth-order valence-electron chi connectivity index (χ4n) is 1.41. The first-order chi connectivity index (χ1) is 7.60. The maximum absolute atomic E-state index is 11.2. The summed E-state index contributed by atoms with van der Waals surface area (Å²) in [6, 6.07) is 7.76. The van der Waals surface area contributed by atoms with Gasteiger partial charge in [0.05, 0.1) is 12.5 Å². The van der Waals surface area contributed by atoms with E-state index in [1.54, 1.807) is 11.8 Å². The van der Waals surface area contributed by atoms with Gasteiger partial charge in [-0.05, 0) is 36.4 Å². The number of alkyl halides is 1. The Kier molecular flexibility index (Phi) is 4.85. The van der Waals surface area contributed by atoms with E-state index in [9.17, 15) is 4.79 Å². The van der Waals surface area contributed by atoms with Gasteiger partial charge in [-0.25, -0.2) is 0 Å². The van der Waals surface area contributed by atoms with Crippen molar-refractivity contribution in [3.8, 4) is 6.07 Å². The van der Waals surface area contributed by atoms with E-state index in [1.807, 2.05) is 24.5 Å². The van der Waals surface area contributed by atoms with Gasteiger partial charge in [0.15, 0.2) is 5.78 Å². The maximum Gasteiger partial charge on any atom is 0.152 e. The Hall–Kier alpha value is -0.980. The molecule has 0 bridgehead atoms. The Morgan fingerprint density at radius 1 is 1.62 bits per heavy atom. The minimum Gasteiger partial charge on any atom is -0.298 e. The lowest BCUT2D eigenvalue weighted by molar-refractivity contribution is -0.116. The number of halogens is 1. The molecule has 16 heavy (non-hydrogen) atoms. The van der Waals surface area contributed by atoms with Crippen LogP contribution in [0.25, 0.3) is 0 Å². The lowest BCUT2D eigenvalue weighted by Gasteiger charge is -2.11. The molecule has 0 aliphatic rings. The Morgan fingerprint density at radius 3 is 2.81 bits per heavy atom. The van der Waals surface area contributed by atoms with E-state index >= 15 is 0 Å². The van der Waals surface area contributed by atoms with E-state index in [0.29, 0.717) is 0 Å². The molecule has 0 saturated carbocycles. The third-order valence-electron chi connectivity index (χ3n) is 2.25. The van der Waals surface area contributed by atoms with Gasteiger partial charge in [-0.15, -0.1) is 23.4 Å². The van der Waals surface area contributed by atoms with E-state index in [1.165, 1.54) is 6.92 Å². The molecule has 1 atom stereocenters. The topological polar surface area (TPSA) is 40.9 Å². The molecule has 1 unspecified atom stereocenters. The fraction of sp³-hybridized carbons (Fsp3) is 0.333. The third kappa shape index (κ3) is 3.01. The monoisotopic (exact) mass is 253 g/mol. The zero-order valence-electron chi connectivity index (χ0n) is 9.16. The molecule has 0 aliphatic carbocycles. The van der Waals surface area contributed by atoms with Crippen LogP contribution in [0.4, 0.5) is 0 Å². The number of carbonyl (C=O) groups excluding carboxylic acids is 1. The van der Waals surface area contributed by atoms with Gasteiger partial charge >= 0.3 is 0 Å². The molecule has 0 spiro atoms. The zero-order chi connectivity index (χ0) is 12.1. The van der Waals surface area contributed by atoms with Crippen LogP contribution in [0.1, 0.15) is 23.4 Å². The number of nitrogens with zero attached hydrogens (tertiary/aromatic N) is 1. The molecular weight excluding hydrogens is 242 g/mol. The van der Waals surface area contributed by atoms with E-state index in [4.69, 9.17) is 16.9 Å². The highest BCUT2D eigenvalue weighted by atomic mass is 35.5. The molecule has 0 radical (unpaired) electrons. The van der Waals surface area contributed by atoms with Gasteiger partial charge in [-0.1, -0.05) is 6.07 Å². The predicted molar refractivity (Wildman–Crippen MR) is 66.8 cm³/mol. The Morgan fingerprint density at radius 2 is 2.31 bits per heavy atom. The molecule has 1 rings (SSSR count). The number of nitriles is 1. The van der Waals surface area contributed by atoms with Gasteiger partial charge in [0.2, 0.25) is 0 Å². The number of carbonyl (C=O) groups is 1. The predicted octanol–water partition coefficient (Wildman–Crippen LogP) is 3.34. The van der Waals surface area contributed by atoms with Crippen molar-refractivity contribution in [2.24, 2.45) is 0 Å². The number of thioether (sulfide) groups is 1. The Labute approximate surface area is 105 Å². The van der Waals surface area contributed by atoms with Gasteiger partial charge in [-0.3, -0.25) is 4.79 Å². The Bertz CT molecular complexity index is 439. The van der Waals surface area contributed by atoms with Gasteiger partial charge in [0.1, 0.15) is 5.38 Å². The average molecular weight is 254 g/mol. The van der Waals surface area contributed by atoms with E-state index < -0.39 is 5.38 Å². The van der Waals surface area contributed by atoms with Crippen LogP contribution in [0.5, 0.6) is 0 Å². The first-order valence-corrected chi connectivity index (χ1v) is 6.44. The van der Waals surface area contributed by atoms with Crippen LogP contribution >= 0.6 is 23.4 Å². The molecular formula is C12H12ClNOS. The summed E-state index contributed by atoms with van der Waals surface area (Å²) in [5.41, 5.74) is 1.58. The third-order valence-corrected chi connectivity index (χ3v) is 3.52. The summed E-state index contributed by atoms with van der Waals surface area (Å²) in [5, 5.41) is 8.09. The van der Waals surface area contributed by atoms with Gasteiger partial charge < -0.3 is 0 Å². The van der Waals surface area contributed by atoms with Crippen molar-refractivity contribution >= 4 is 29.1 Å². The highest BCUT2D eigenvalue weighted by Crippen LogP contribution is 2.28. The van der Waals surface area contributed by atoms with E-state index in [0.717, 1.165) is 16.0 Å². The van der Waals surface area contributed by atoms with Crippen LogP contribution in [-0.2, 0) is 11.2 Å². The molecule has 84 valence electrons. The summed E-state index contributed by atoms with van der Waals surface area (Å²) in [6.07, 6.45) is 2.24. The second kappa shape index (κ2) is 5.93. The van der Waals surface area contributed by atoms with Crippen molar-refractivity contribution in [2.45, 2.75) is 23.6 Å². The van der Waals surface area contributed by atoms with E-state index in [-0.39, 0.29) is 12.2 Å². The lowest BCUT2D eigenvalue weighted by Crippen LogP contribution is -2.05. The minimum absolute atomic E-state index is 0.0993. The maximum atomic E-state index is 11.2. The largest absolute Gasteiger partial charge is 0.298 e. The SMILES string of the molecule is CSc1ccc(C(Cl)C(C)=O)c(CC#N)c1. The van der Waals surface area contributed by atoms with Gasteiger partial charge in [-0.2, -0.15) is 5.26 Å². The molecule has 4 heteroatoms. The van der Waals surface area contributed by atoms with Crippen molar-refractivity contribution in [1.29, 1.82) is 5.26 Å². The molecule has 0 aliphatic heterocycles. The summed E-state index contributed by atoms with van der Waals surface area (Å²) in [4.78, 5) is 12.3. The lowest BCUT2D eigenvalue weighted by atomic mass is 10.0. The quantitative estimate of drug-likeness (QED) is 0.610. The standard InChI is InChI=1S/C12H12ClNOS/c1-8(15)12(13)11-4-3-10(16-2)7-9(11)5-6-14/h3-4,7,12H,5H2,1-2H3. The first kappa shape index (κ1) is 13.1. The van der Waals surface area contributed by atoms with Gasteiger partial charge in [0.25, 0.3) is 0 Å². The molecule has 1 aromatic carbocycles. The molecule has 0 fully saturated rings. The fourth-order valence-corrected chi connectivity index (χ4v) is 2.09. The molecule has 0 amide bonds. The first-order valence-electron chi connectivity index (χ1n) is 4.78. The summed E-state index contributed by atoms with van der Waals surface area (Å²) in [5.74, 6) is -0.0993. The number of ketones is 1. The van der Waals surface area contributed by atoms with Crippen LogP contribution in [0.2, 0.25) is 0 Å². The number of benzene rings is 1. The second-order valence-electron chi connectivity index (χ2n) is 3.37. The van der Waals surface area contributed by atoms with E-state index in [2.05, 4.69) is 6.07 Å². The molecule has 1 aromatic rings. The highest BCUT2D eigenvalue weighted by Gasteiger charge is 2.17. The minimum atomic E-state index is -0.653. The number of Topliss-reactive ketones (excluding diaryl/α,β-unsaturated/α-hetero) is 1.